The number of benzene rings is 2. The number of nitrogens with one attached hydrogen (secondary N) is 1. The molecule has 1 radical (unpaired) electrons. The number of aromatic nitrogens is 3. The summed E-state index contributed by atoms with van der Waals surface area (Å²) in [4.78, 5) is 8.65. The van der Waals surface area contributed by atoms with Crippen molar-refractivity contribution in [3.05, 3.63) is 55.0 Å². The van der Waals surface area contributed by atoms with E-state index in [1.54, 1.807) is 13.4 Å². The fraction of sp³-hybridized carbons (Fsp3) is 0.111. The van der Waals surface area contributed by atoms with Gasteiger partial charge in [0.2, 0.25) is 0 Å². The van der Waals surface area contributed by atoms with E-state index in [0.717, 1.165) is 22.4 Å². The Morgan fingerprint density at radius 3 is 2.96 bits per heavy atom. The van der Waals surface area contributed by atoms with Crippen LogP contribution in [-0.4, -0.2) is 21.6 Å². The summed E-state index contributed by atoms with van der Waals surface area (Å²) in [5.41, 5.74) is 3.00. The third-order valence-corrected chi connectivity index (χ3v) is 3.91. The molecule has 2 heterocycles. The molecule has 2 aromatic carbocycles. The number of methoxy groups -OCH3 is 1. The quantitative estimate of drug-likeness (QED) is 0.627. The minimum Gasteiger partial charge on any atom is -0.496 e. The van der Waals surface area contributed by atoms with Gasteiger partial charge in [-0.15, -0.1) is 0 Å². The Balaban J connectivity index is 1.76. The Morgan fingerprint density at radius 1 is 1.17 bits per heavy atom. The molecule has 0 fully saturated rings. The molecule has 5 nitrogen and oxygen atoms in total. The predicted octanol–water partition coefficient (Wildman–Crippen LogP) is 3.67. The Kier molecular flexibility index (Phi) is 3.12. The van der Waals surface area contributed by atoms with E-state index in [4.69, 9.17) is 4.74 Å². The average molecular weight is 303 g/mol. The van der Waals surface area contributed by atoms with Crippen molar-refractivity contribution in [1.82, 2.24) is 14.5 Å². The van der Waals surface area contributed by atoms with Crippen LogP contribution in [0.15, 0.2) is 48.9 Å². The monoisotopic (exact) mass is 303 g/mol. The molecule has 0 saturated carbocycles. The van der Waals surface area contributed by atoms with E-state index < -0.39 is 0 Å². The van der Waals surface area contributed by atoms with E-state index in [1.165, 1.54) is 10.9 Å². The number of anilines is 2. The predicted molar refractivity (Wildman–Crippen MR) is 91.1 cm³/mol. The summed E-state index contributed by atoms with van der Waals surface area (Å²) < 4.78 is 7.29. The molecule has 0 amide bonds. The van der Waals surface area contributed by atoms with Crippen molar-refractivity contribution >= 4 is 33.3 Å². The molecule has 0 aliphatic rings. The first-order valence-corrected chi connectivity index (χ1v) is 7.27. The number of hydrogen-bond donors (Lipinski definition) is 1. The average Bonchev–Trinajstić information content (AvgIpc) is 2.95. The Labute approximate surface area is 133 Å². The molecule has 113 valence electrons. The molecule has 0 saturated heterocycles. The van der Waals surface area contributed by atoms with E-state index in [9.17, 15) is 0 Å². The molecule has 0 bridgehead atoms. The van der Waals surface area contributed by atoms with Crippen molar-refractivity contribution in [3.63, 3.8) is 0 Å². The largest absolute Gasteiger partial charge is 0.496 e. The maximum Gasteiger partial charge on any atom is 0.141 e. The molecule has 0 unspecified atom stereocenters. The Morgan fingerprint density at radius 2 is 2.09 bits per heavy atom. The lowest BCUT2D eigenvalue weighted by atomic mass is 10.2. The molecule has 5 heteroatoms. The Hall–Kier alpha value is -3.08. The van der Waals surface area contributed by atoms with Crippen LogP contribution in [0, 0.1) is 6.07 Å². The van der Waals surface area contributed by atoms with Gasteiger partial charge in [0.15, 0.2) is 0 Å². The smallest absolute Gasteiger partial charge is 0.141 e. The van der Waals surface area contributed by atoms with Crippen molar-refractivity contribution in [2.45, 2.75) is 0 Å². The number of ether oxygens (including phenoxy) is 1. The van der Waals surface area contributed by atoms with E-state index in [0.29, 0.717) is 5.75 Å². The summed E-state index contributed by atoms with van der Waals surface area (Å²) in [7, 11) is 3.66. The van der Waals surface area contributed by atoms with E-state index in [2.05, 4.69) is 50.3 Å². The zero-order valence-electron chi connectivity index (χ0n) is 12.9. The normalized spacial score (nSPS) is 11.0. The molecule has 0 spiro atoms. The first-order valence-electron chi connectivity index (χ1n) is 7.27. The highest BCUT2D eigenvalue weighted by molar-refractivity contribution is 5.92. The number of hydrogen-bond acceptors (Lipinski definition) is 4. The number of nitrogens with zero attached hydrogens (tertiary/aromatic N) is 3. The van der Waals surface area contributed by atoms with Crippen molar-refractivity contribution in [1.29, 1.82) is 0 Å². The zero-order valence-corrected chi connectivity index (χ0v) is 12.9. The Bertz CT molecular complexity index is 1010. The van der Waals surface area contributed by atoms with Gasteiger partial charge in [0, 0.05) is 47.4 Å². The third-order valence-electron chi connectivity index (χ3n) is 3.91. The van der Waals surface area contributed by atoms with Crippen molar-refractivity contribution in [2.75, 3.05) is 12.4 Å². The number of fused-ring (bicyclic) bond motifs is 2. The highest BCUT2D eigenvalue weighted by atomic mass is 16.5. The van der Waals surface area contributed by atoms with Gasteiger partial charge in [-0.05, 0) is 30.3 Å². The second-order valence-electron chi connectivity index (χ2n) is 5.35. The van der Waals surface area contributed by atoms with Gasteiger partial charge in [-0.1, -0.05) is 0 Å². The highest BCUT2D eigenvalue weighted by Crippen LogP contribution is 2.27. The second kappa shape index (κ2) is 5.28. The van der Waals surface area contributed by atoms with Crippen LogP contribution in [0.4, 0.5) is 11.5 Å². The molecule has 0 atom stereocenters. The van der Waals surface area contributed by atoms with Crippen LogP contribution in [0.3, 0.4) is 0 Å². The molecule has 23 heavy (non-hydrogen) atoms. The molecule has 0 aliphatic heterocycles. The third kappa shape index (κ3) is 2.36. The minimum absolute atomic E-state index is 0.660. The molecule has 1 N–H and O–H groups in total. The SMILES string of the molecule is COc1[c]cc2c(Nc3ccc4c(ccn4C)c3)ncnc2c1. The van der Waals surface area contributed by atoms with Crippen molar-refractivity contribution < 1.29 is 4.74 Å². The van der Waals surface area contributed by atoms with Gasteiger partial charge in [-0.25, -0.2) is 9.97 Å². The standard InChI is InChI=1S/C18H15N4O/c1-22-8-7-12-9-13(3-6-17(12)22)21-18-15-5-4-14(23-2)10-16(15)19-11-20-18/h3,5-11H,1-2H3,(H,19,20,21). The maximum absolute atomic E-state index is 5.19. The van der Waals surface area contributed by atoms with Crippen LogP contribution < -0.4 is 10.1 Å². The molecular weight excluding hydrogens is 288 g/mol. The summed E-state index contributed by atoms with van der Waals surface area (Å²) in [6.07, 6.45) is 3.60. The molecule has 4 aromatic rings. The summed E-state index contributed by atoms with van der Waals surface area (Å²) in [5.74, 6) is 1.41. The lowest BCUT2D eigenvalue weighted by Crippen LogP contribution is -1.96. The van der Waals surface area contributed by atoms with Gasteiger partial charge < -0.3 is 14.6 Å². The summed E-state index contributed by atoms with van der Waals surface area (Å²) in [5, 5.41) is 5.45. The minimum atomic E-state index is 0.660. The number of aryl methyl sites for hydroxylation is 1. The van der Waals surface area contributed by atoms with Crippen LogP contribution >= 0.6 is 0 Å². The fourth-order valence-electron chi connectivity index (χ4n) is 2.69. The van der Waals surface area contributed by atoms with Gasteiger partial charge in [-0.2, -0.15) is 0 Å². The van der Waals surface area contributed by atoms with Gasteiger partial charge in [0.25, 0.3) is 0 Å². The highest BCUT2D eigenvalue weighted by Gasteiger charge is 2.07. The second-order valence-corrected chi connectivity index (χ2v) is 5.35. The molecule has 0 aliphatic carbocycles. The number of rotatable bonds is 3. The molecule has 4 rings (SSSR count). The topological polar surface area (TPSA) is 52.0 Å². The molecular formula is C18H15N4O. The lowest BCUT2D eigenvalue weighted by molar-refractivity contribution is 0.414. The van der Waals surface area contributed by atoms with E-state index in [-0.39, 0.29) is 0 Å². The van der Waals surface area contributed by atoms with E-state index >= 15 is 0 Å². The fourth-order valence-corrected chi connectivity index (χ4v) is 2.69. The van der Waals surface area contributed by atoms with Crippen LogP contribution in [0.25, 0.3) is 21.8 Å². The van der Waals surface area contributed by atoms with Crippen molar-refractivity contribution in [2.24, 2.45) is 7.05 Å². The lowest BCUT2D eigenvalue weighted by Gasteiger charge is -2.09. The van der Waals surface area contributed by atoms with Crippen LogP contribution in [0.1, 0.15) is 0 Å². The van der Waals surface area contributed by atoms with Crippen molar-refractivity contribution in [3.8, 4) is 5.75 Å². The zero-order chi connectivity index (χ0) is 15.8. The van der Waals surface area contributed by atoms with Gasteiger partial charge >= 0.3 is 0 Å². The summed E-state index contributed by atoms with van der Waals surface area (Å²) in [6.45, 7) is 0. The summed E-state index contributed by atoms with van der Waals surface area (Å²) in [6, 6.07) is 15.1. The van der Waals surface area contributed by atoms with Crippen LogP contribution in [-0.2, 0) is 7.05 Å². The van der Waals surface area contributed by atoms with Gasteiger partial charge in [0.1, 0.15) is 17.9 Å². The molecule has 2 aromatic heterocycles. The van der Waals surface area contributed by atoms with Gasteiger partial charge in [0.05, 0.1) is 12.6 Å². The van der Waals surface area contributed by atoms with Crippen LogP contribution in [0.5, 0.6) is 5.75 Å². The first kappa shape index (κ1) is 13.6. The maximum atomic E-state index is 5.19. The van der Waals surface area contributed by atoms with Gasteiger partial charge in [-0.3, -0.25) is 0 Å². The van der Waals surface area contributed by atoms with E-state index in [1.807, 2.05) is 25.2 Å². The first-order chi connectivity index (χ1) is 11.2. The van der Waals surface area contributed by atoms with Crippen LogP contribution in [0.2, 0.25) is 0 Å². The summed E-state index contributed by atoms with van der Waals surface area (Å²) >= 11 is 0.